The topological polar surface area (TPSA) is 63.1 Å². The summed E-state index contributed by atoms with van der Waals surface area (Å²) in [6, 6.07) is 6.61. The zero-order valence-electron chi connectivity index (χ0n) is 15.4. The maximum absolute atomic E-state index is 13.3. The lowest BCUT2D eigenvalue weighted by atomic mass is 10.00. The molecular weight excluding hydrogens is 333 g/mol. The summed E-state index contributed by atoms with van der Waals surface area (Å²) < 4.78 is 14.9. The van der Waals surface area contributed by atoms with E-state index in [1.54, 1.807) is 11.0 Å². The number of benzene rings is 1. The van der Waals surface area contributed by atoms with Crippen molar-refractivity contribution < 1.29 is 9.18 Å². The van der Waals surface area contributed by atoms with Crippen LogP contribution in [0.5, 0.6) is 0 Å². The number of carbonyl (C=O) groups excluding carboxylic acids is 1. The Morgan fingerprint density at radius 3 is 2.54 bits per heavy atom. The predicted octanol–water partition coefficient (Wildman–Crippen LogP) is 2.50. The van der Waals surface area contributed by atoms with Crippen LogP contribution >= 0.6 is 0 Å². The number of aromatic nitrogens is 3. The molecule has 0 aliphatic carbocycles. The summed E-state index contributed by atoms with van der Waals surface area (Å²) in [6.45, 7) is 6.08. The Bertz CT molecular complexity index is 708. The summed E-state index contributed by atoms with van der Waals surface area (Å²) in [4.78, 5) is 19.1. The molecule has 1 aromatic heterocycles. The molecule has 1 saturated heterocycles. The zero-order chi connectivity index (χ0) is 18.6. The molecular formula is C19H26FN5O. The molecule has 2 aromatic rings. The van der Waals surface area contributed by atoms with Gasteiger partial charge >= 0.3 is 0 Å². The van der Waals surface area contributed by atoms with Gasteiger partial charge in [-0.1, -0.05) is 18.6 Å². The number of nitrogens with zero attached hydrogens (tertiary/aromatic N) is 4. The molecule has 1 atom stereocenters. The molecule has 0 bridgehead atoms. The molecule has 0 saturated carbocycles. The van der Waals surface area contributed by atoms with E-state index in [0.29, 0.717) is 6.54 Å². The third-order valence-corrected chi connectivity index (χ3v) is 5.09. The number of nitrogens with one attached hydrogen (secondary N) is 1. The van der Waals surface area contributed by atoms with Gasteiger partial charge in [-0.15, -0.1) is 0 Å². The van der Waals surface area contributed by atoms with E-state index in [9.17, 15) is 9.18 Å². The minimum atomic E-state index is -0.828. The molecule has 0 radical (unpaired) electrons. The van der Waals surface area contributed by atoms with E-state index in [-0.39, 0.29) is 17.8 Å². The summed E-state index contributed by atoms with van der Waals surface area (Å²) >= 11 is 0. The van der Waals surface area contributed by atoms with E-state index in [4.69, 9.17) is 0 Å². The van der Waals surface area contributed by atoms with Crippen LogP contribution in [-0.2, 0) is 10.3 Å². The lowest BCUT2D eigenvalue weighted by Gasteiger charge is -2.35. The van der Waals surface area contributed by atoms with Gasteiger partial charge < -0.3 is 5.32 Å². The Hall–Kier alpha value is -2.28. The summed E-state index contributed by atoms with van der Waals surface area (Å²) in [7, 11) is 0. The number of piperidine rings is 1. The van der Waals surface area contributed by atoms with Gasteiger partial charge in [0.05, 0.1) is 6.04 Å². The Labute approximate surface area is 153 Å². The third kappa shape index (κ3) is 4.09. The minimum absolute atomic E-state index is 0.0337. The first kappa shape index (κ1) is 18.5. The predicted molar refractivity (Wildman–Crippen MR) is 96.9 cm³/mol. The second-order valence-electron chi connectivity index (χ2n) is 7.27. The van der Waals surface area contributed by atoms with Crippen molar-refractivity contribution in [3.8, 4) is 0 Å². The van der Waals surface area contributed by atoms with Crippen molar-refractivity contribution in [1.29, 1.82) is 0 Å². The van der Waals surface area contributed by atoms with E-state index < -0.39 is 5.54 Å². The number of carbonyl (C=O) groups is 1. The second-order valence-corrected chi connectivity index (χ2v) is 7.27. The molecule has 1 N–H and O–H groups in total. The van der Waals surface area contributed by atoms with E-state index in [1.807, 2.05) is 26.0 Å². The Morgan fingerprint density at radius 1 is 1.23 bits per heavy atom. The lowest BCUT2D eigenvalue weighted by Crippen LogP contribution is -2.48. The summed E-state index contributed by atoms with van der Waals surface area (Å²) in [5.41, 5.74) is 0.193. The third-order valence-electron chi connectivity index (χ3n) is 5.09. The molecule has 2 heterocycles. The van der Waals surface area contributed by atoms with Gasteiger partial charge in [0.15, 0.2) is 0 Å². The quantitative estimate of drug-likeness (QED) is 0.861. The first-order chi connectivity index (χ1) is 12.5. The molecule has 1 aromatic carbocycles. The average Bonchev–Trinajstić information content (AvgIpc) is 3.19. The molecule has 1 unspecified atom stereocenters. The molecule has 1 aliphatic heterocycles. The molecule has 140 valence electrons. The molecule has 7 heteroatoms. The summed E-state index contributed by atoms with van der Waals surface area (Å²) in [5, 5.41) is 7.15. The second kappa shape index (κ2) is 7.95. The highest BCUT2D eigenvalue weighted by Gasteiger charge is 2.32. The standard InChI is InChI=1S/C19H26FN5O/c1-19(2,25-14-21-13-23-25)18(26)22-12-17(24-10-4-3-5-11-24)15-6-8-16(20)9-7-15/h6-9,13-14,17H,3-5,10-12H2,1-2H3,(H,22,26). The molecule has 26 heavy (non-hydrogen) atoms. The number of hydrogen-bond acceptors (Lipinski definition) is 4. The van der Waals surface area contributed by atoms with Gasteiger partial charge in [-0.3, -0.25) is 9.69 Å². The number of hydrogen-bond donors (Lipinski definition) is 1. The number of amides is 1. The SMILES string of the molecule is CC(C)(C(=O)NCC(c1ccc(F)cc1)N1CCCCC1)n1cncn1. The Kier molecular flexibility index (Phi) is 5.66. The van der Waals surface area contributed by atoms with Crippen LogP contribution < -0.4 is 5.32 Å². The van der Waals surface area contributed by atoms with E-state index in [1.165, 1.54) is 24.9 Å². The van der Waals surface area contributed by atoms with Crippen molar-refractivity contribution >= 4 is 5.91 Å². The largest absolute Gasteiger partial charge is 0.352 e. The van der Waals surface area contributed by atoms with Gasteiger partial charge in [-0.25, -0.2) is 14.1 Å². The summed E-state index contributed by atoms with van der Waals surface area (Å²) in [6.07, 6.45) is 6.50. The number of rotatable bonds is 6. The number of halogens is 1. The Balaban J connectivity index is 1.73. The van der Waals surface area contributed by atoms with Crippen LogP contribution in [0.3, 0.4) is 0 Å². The highest BCUT2D eigenvalue weighted by Crippen LogP contribution is 2.25. The van der Waals surface area contributed by atoms with E-state index in [0.717, 1.165) is 31.5 Å². The number of likely N-dealkylation sites (tertiary alicyclic amines) is 1. The first-order valence-corrected chi connectivity index (χ1v) is 9.11. The Morgan fingerprint density at radius 2 is 1.92 bits per heavy atom. The fourth-order valence-electron chi connectivity index (χ4n) is 3.38. The van der Waals surface area contributed by atoms with Crippen molar-refractivity contribution in [2.45, 2.75) is 44.7 Å². The molecule has 3 rings (SSSR count). The van der Waals surface area contributed by atoms with Crippen LogP contribution in [-0.4, -0.2) is 45.2 Å². The average molecular weight is 359 g/mol. The minimum Gasteiger partial charge on any atom is -0.352 e. The zero-order valence-corrected chi connectivity index (χ0v) is 15.4. The van der Waals surface area contributed by atoms with Crippen LogP contribution in [0.15, 0.2) is 36.9 Å². The molecule has 0 spiro atoms. The van der Waals surface area contributed by atoms with Crippen LogP contribution in [0.1, 0.15) is 44.7 Å². The van der Waals surface area contributed by atoms with Crippen molar-refractivity contribution in [3.05, 3.63) is 48.3 Å². The van der Waals surface area contributed by atoms with E-state index in [2.05, 4.69) is 20.3 Å². The maximum atomic E-state index is 13.3. The van der Waals surface area contributed by atoms with Crippen LogP contribution in [0.2, 0.25) is 0 Å². The van der Waals surface area contributed by atoms with Crippen molar-refractivity contribution in [1.82, 2.24) is 25.0 Å². The fourth-order valence-corrected chi connectivity index (χ4v) is 3.38. The lowest BCUT2D eigenvalue weighted by molar-refractivity contribution is -0.129. The normalized spacial score (nSPS) is 17.0. The molecule has 6 nitrogen and oxygen atoms in total. The van der Waals surface area contributed by atoms with Gasteiger partial charge in [0.1, 0.15) is 24.0 Å². The highest BCUT2D eigenvalue weighted by molar-refractivity contribution is 5.83. The van der Waals surface area contributed by atoms with Crippen LogP contribution in [0.4, 0.5) is 4.39 Å². The van der Waals surface area contributed by atoms with Crippen molar-refractivity contribution in [3.63, 3.8) is 0 Å². The summed E-state index contributed by atoms with van der Waals surface area (Å²) in [5.74, 6) is -0.366. The van der Waals surface area contributed by atoms with E-state index >= 15 is 0 Å². The molecule has 1 fully saturated rings. The monoisotopic (exact) mass is 359 g/mol. The smallest absolute Gasteiger partial charge is 0.247 e. The van der Waals surface area contributed by atoms with Crippen molar-refractivity contribution in [2.75, 3.05) is 19.6 Å². The van der Waals surface area contributed by atoms with Crippen LogP contribution in [0.25, 0.3) is 0 Å². The first-order valence-electron chi connectivity index (χ1n) is 9.11. The maximum Gasteiger partial charge on any atom is 0.247 e. The molecule has 1 amide bonds. The van der Waals surface area contributed by atoms with Crippen molar-refractivity contribution in [2.24, 2.45) is 0 Å². The van der Waals surface area contributed by atoms with Gasteiger partial charge in [0, 0.05) is 6.54 Å². The highest BCUT2D eigenvalue weighted by atomic mass is 19.1. The molecule has 1 aliphatic rings. The van der Waals surface area contributed by atoms with Gasteiger partial charge in [-0.05, 0) is 57.5 Å². The van der Waals surface area contributed by atoms with Gasteiger partial charge in [-0.2, -0.15) is 5.10 Å². The van der Waals surface area contributed by atoms with Gasteiger partial charge in [0.25, 0.3) is 0 Å². The van der Waals surface area contributed by atoms with Gasteiger partial charge in [0.2, 0.25) is 5.91 Å². The van der Waals surface area contributed by atoms with Crippen LogP contribution in [0, 0.1) is 5.82 Å². The fraction of sp³-hybridized carbons (Fsp3) is 0.526.